The van der Waals surface area contributed by atoms with Gasteiger partial charge in [0.25, 0.3) is 0 Å². The molecular weight excluding hydrogens is 278 g/mol. The van der Waals surface area contributed by atoms with E-state index >= 15 is 0 Å². The third-order valence-corrected chi connectivity index (χ3v) is 3.15. The zero-order valence-corrected chi connectivity index (χ0v) is 11.0. The highest BCUT2D eigenvalue weighted by atomic mass is 16.6. The molecule has 110 valence electrons. The molecule has 2 aromatic rings. The number of hydrogen-bond acceptors (Lipinski definition) is 6. The molecule has 0 amide bonds. The fourth-order valence-corrected chi connectivity index (χ4v) is 2.10. The van der Waals surface area contributed by atoms with Crippen molar-refractivity contribution in [3.63, 3.8) is 0 Å². The number of nitro groups is 1. The Morgan fingerprint density at radius 2 is 1.90 bits per heavy atom. The second kappa shape index (κ2) is 5.45. The van der Waals surface area contributed by atoms with Gasteiger partial charge in [-0.25, -0.2) is 0 Å². The van der Waals surface area contributed by atoms with Crippen LogP contribution in [-0.4, -0.2) is 23.2 Å². The topological polar surface area (TPSA) is 95.0 Å². The van der Waals surface area contributed by atoms with E-state index in [2.05, 4.69) is 0 Å². The number of aliphatic hydroxyl groups is 1. The summed E-state index contributed by atoms with van der Waals surface area (Å²) in [5.74, 6) is 0.869. The normalized spacial score (nSPS) is 15.3. The first-order valence-electron chi connectivity index (χ1n) is 6.47. The molecule has 0 radical (unpaired) electrons. The summed E-state index contributed by atoms with van der Waals surface area (Å²) in [6.45, 7) is 1.12. The van der Waals surface area contributed by atoms with Gasteiger partial charge >= 0.3 is 5.88 Å². The van der Waals surface area contributed by atoms with Crippen molar-refractivity contribution in [2.45, 2.75) is 12.5 Å². The lowest BCUT2D eigenvalue weighted by atomic mass is 10.1. The molecule has 7 heteroatoms. The molecule has 3 rings (SSSR count). The van der Waals surface area contributed by atoms with Gasteiger partial charge in [-0.2, -0.15) is 0 Å². The number of benzene rings is 1. The van der Waals surface area contributed by atoms with Gasteiger partial charge in [-0.15, -0.1) is 0 Å². The minimum Gasteiger partial charge on any atom is -0.490 e. The van der Waals surface area contributed by atoms with E-state index < -0.39 is 16.9 Å². The quantitative estimate of drug-likeness (QED) is 0.689. The van der Waals surface area contributed by atoms with Crippen LogP contribution in [0.3, 0.4) is 0 Å². The Morgan fingerprint density at radius 1 is 1.14 bits per heavy atom. The van der Waals surface area contributed by atoms with E-state index in [1.54, 1.807) is 18.2 Å². The molecule has 0 fully saturated rings. The number of rotatable bonds is 3. The summed E-state index contributed by atoms with van der Waals surface area (Å²) in [7, 11) is 0. The molecule has 1 aromatic heterocycles. The largest absolute Gasteiger partial charge is 0.490 e. The monoisotopic (exact) mass is 291 g/mol. The summed E-state index contributed by atoms with van der Waals surface area (Å²) in [6.07, 6.45) is -0.312. The molecule has 0 aliphatic carbocycles. The van der Waals surface area contributed by atoms with Gasteiger partial charge in [0, 0.05) is 6.42 Å². The highest BCUT2D eigenvalue weighted by molar-refractivity contribution is 5.45. The van der Waals surface area contributed by atoms with E-state index in [1.165, 1.54) is 12.1 Å². The SMILES string of the molecule is O=[N+]([O-])c1ccc(C(O)c2ccc3c(c2)OCCCO3)o1. The van der Waals surface area contributed by atoms with Gasteiger partial charge in [0.05, 0.1) is 19.3 Å². The third-order valence-electron chi connectivity index (χ3n) is 3.15. The number of nitrogens with zero attached hydrogens (tertiary/aromatic N) is 1. The Hall–Kier alpha value is -2.54. The molecule has 1 unspecified atom stereocenters. The maximum Gasteiger partial charge on any atom is 0.433 e. The van der Waals surface area contributed by atoms with E-state index in [-0.39, 0.29) is 5.76 Å². The van der Waals surface area contributed by atoms with E-state index in [1.807, 2.05) is 0 Å². The highest BCUT2D eigenvalue weighted by Crippen LogP contribution is 2.34. The predicted molar refractivity (Wildman–Crippen MR) is 71.5 cm³/mol. The van der Waals surface area contributed by atoms with Gasteiger partial charge < -0.3 is 19.0 Å². The summed E-state index contributed by atoms with van der Waals surface area (Å²) in [5, 5.41) is 20.8. The Balaban J connectivity index is 1.88. The molecule has 0 saturated carbocycles. The van der Waals surface area contributed by atoms with Crippen molar-refractivity contribution in [1.29, 1.82) is 0 Å². The Bertz CT molecular complexity index is 665. The van der Waals surface area contributed by atoms with Crippen LogP contribution in [0.5, 0.6) is 11.5 Å². The first kappa shape index (κ1) is 13.4. The Labute approximate surface area is 119 Å². The molecule has 1 N–H and O–H groups in total. The lowest BCUT2D eigenvalue weighted by Crippen LogP contribution is -2.00. The van der Waals surface area contributed by atoms with Crippen molar-refractivity contribution < 1.29 is 23.9 Å². The summed E-state index contributed by atoms with van der Waals surface area (Å²) < 4.78 is 16.1. The lowest BCUT2D eigenvalue weighted by Gasteiger charge is -2.12. The second-order valence-corrected chi connectivity index (χ2v) is 4.59. The second-order valence-electron chi connectivity index (χ2n) is 4.59. The first-order chi connectivity index (χ1) is 10.1. The van der Waals surface area contributed by atoms with Crippen LogP contribution in [0.4, 0.5) is 5.88 Å². The van der Waals surface area contributed by atoms with Gasteiger partial charge in [-0.3, -0.25) is 10.1 Å². The predicted octanol–water partition coefficient (Wildman–Crippen LogP) is 2.43. The number of fused-ring (bicyclic) bond motifs is 1. The number of ether oxygens (including phenoxy) is 2. The van der Waals surface area contributed by atoms with Crippen LogP contribution >= 0.6 is 0 Å². The summed E-state index contributed by atoms with van der Waals surface area (Å²) in [5.41, 5.74) is 0.517. The number of furan rings is 1. The molecule has 1 atom stereocenters. The zero-order valence-electron chi connectivity index (χ0n) is 11.0. The van der Waals surface area contributed by atoms with Gasteiger partial charge in [0.2, 0.25) is 0 Å². The summed E-state index contributed by atoms with van der Waals surface area (Å²) >= 11 is 0. The Kier molecular flexibility index (Phi) is 3.49. The molecule has 1 aliphatic heterocycles. The molecule has 1 aliphatic rings. The van der Waals surface area contributed by atoms with Gasteiger partial charge in [-0.1, -0.05) is 6.07 Å². The Morgan fingerprint density at radius 3 is 2.62 bits per heavy atom. The minimum absolute atomic E-state index is 0.108. The van der Waals surface area contributed by atoms with Crippen LogP contribution in [0.25, 0.3) is 0 Å². The standard InChI is InChI=1S/C14H13NO6/c16-14(11-4-5-13(21-11)15(17)18)9-2-3-10-12(8-9)20-7-1-6-19-10/h2-5,8,14,16H,1,6-7H2. The summed E-state index contributed by atoms with van der Waals surface area (Å²) in [4.78, 5) is 9.95. The van der Waals surface area contributed by atoms with Crippen LogP contribution < -0.4 is 9.47 Å². The van der Waals surface area contributed by atoms with E-state index in [0.29, 0.717) is 30.3 Å². The number of hydrogen-bond donors (Lipinski definition) is 1. The van der Waals surface area contributed by atoms with Crippen LogP contribution in [-0.2, 0) is 0 Å². The maximum absolute atomic E-state index is 10.6. The number of aliphatic hydroxyl groups excluding tert-OH is 1. The van der Waals surface area contributed by atoms with Gasteiger partial charge in [-0.05, 0) is 23.8 Å². The van der Waals surface area contributed by atoms with Crippen LogP contribution in [0.2, 0.25) is 0 Å². The van der Waals surface area contributed by atoms with E-state index in [9.17, 15) is 15.2 Å². The fraction of sp³-hybridized carbons (Fsp3) is 0.286. The lowest BCUT2D eigenvalue weighted by molar-refractivity contribution is -0.402. The zero-order chi connectivity index (χ0) is 14.8. The van der Waals surface area contributed by atoms with E-state index in [0.717, 1.165) is 6.42 Å². The average molecular weight is 291 g/mol. The average Bonchev–Trinajstić information content (AvgIpc) is 2.86. The van der Waals surface area contributed by atoms with Crippen molar-refractivity contribution in [3.8, 4) is 11.5 Å². The smallest absolute Gasteiger partial charge is 0.433 e. The third kappa shape index (κ3) is 2.68. The van der Waals surface area contributed by atoms with Crippen LogP contribution in [0.1, 0.15) is 23.8 Å². The molecule has 0 spiro atoms. The van der Waals surface area contributed by atoms with E-state index in [4.69, 9.17) is 13.9 Å². The maximum atomic E-state index is 10.6. The van der Waals surface area contributed by atoms with Crippen molar-refractivity contribution in [2.24, 2.45) is 0 Å². The van der Waals surface area contributed by atoms with Crippen molar-refractivity contribution in [3.05, 3.63) is 51.8 Å². The molecule has 1 aromatic carbocycles. The van der Waals surface area contributed by atoms with Gasteiger partial charge in [0.15, 0.2) is 11.5 Å². The molecular formula is C14H13NO6. The minimum atomic E-state index is -1.10. The fourth-order valence-electron chi connectivity index (χ4n) is 2.10. The van der Waals surface area contributed by atoms with Crippen LogP contribution in [0, 0.1) is 10.1 Å². The molecule has 2 heterocycles. The van der Waals surface area contributed by atoms with Crippen molar-refractivity contribution >= 4 is 5.88 Å². The van der Waals surface area contributed by atoms with Crippen molar-refractivity contribution in [2.75, 3.05) is 13.2 Å². The molecule has 7 nitrogen and oxygen atoms in total. The molecule has 0 saturated heterocycles. The highest BCUT2D eigenvalue weighted by Gasteiger charge is 2.21. The first-order valence-corrected chi connectivity index (χ1v) is 6.47. The summed E-state index contributed by atoms with van der Waals surface area (Å²) in [6, 6.07) is 7.62. The molecule has 0 bridgehead atoms. The van der Waals surface area contributed by atoms with Crippen LogP contribution in [0.15, 0.2) is 34.7 Å². The van der Waals surface area contributed by atoms with Gasteiger partial charge in [0.1, 0.15) is 16.8 Å². The molecule has 21 heavy (non-hydrogen) atoms. The van der Waals surface area contributed by atoms with Crippen molar-refractivity contribution in [1.82, 2.24) is 0 Å².